The van der Waals surface area contributed by atoms with Gasteiger partial charge >= 0.3 is 0 Å². The first-order valence-electron chi connectivity index (χ1n) is 4.86. The maximum Gasteiger partial charge on any atom is 0.0172 e. The van der Waals surface area contributed by atoms with Crippen molar-refractivity contribution in [3.05, 3.63) is 12.7 Å². The fourth-order valence-corrected chi connectivity index (χ4v) is 2.68. The Hall–Kier alpha value is 0.0500. The minimum Gasteiger partial charge on any atom is -0.316 e. The van der Waals surface area contributed by atoms with Gasteiger partial charge in [-0.1, -0.05) is 6.08 Å². The Bertz CT molecular complexity index is 119. The summed E-state index contributed by atoms with van der Waals surface area (Å²) in [6, 6.07) is 0. The lowest BCUT2D eigenvalue weighted by atomic mass is 10.2. The molecular weight excluding hydrogens is 166 g/mol. The molecule has 0 amide bonds. The summed E-state index contributed by atoms with van der Waals surface area (Å²) in [4.78, 5) is 0. The van der Waals surface area contributed by atoms with Gasteiger partial charge in [-0.3, -0.25) is 0 Å². The van der Waals surface area contributed by atoms with Crippen LogP contribution in [0.4, 0.5) is 0 Å². The zero-order valence-corrected chi connectivity index (χ0v) is 8.54. The van der Waals surface area contributed by atoms with Gasteiger partial charge in [0.15, 0.2) is 0 Å². The van der Waals surface area contributed by atoms with E-state index in [2.05, 4.69) is 23.7 Å². The molecule has 70 valence electrons. The molecule has 0 radical (unpaired) electrons. The quantitative estimate of drug-likeness (QED) is 0.504. The van der Waals surface area contributed by atoms with Crippen LogP contribution in [0.5, 0.6) is 0 Å². The molecule has 1 heterocycles. The van der Waals surface area contributed by atoms with Gasteiger partial charge in [0.25, 0.3) is 0 Å². The molecule has 1 fully saturated rings. The number of rotatable bonds is 6. The molecule has 1 saturated heterocycles. The van der Waals surface area contributed by atoms with Crippen molar-refractivity contribution in [3.63, 3.8) is 0 Å². The van der Waals surface area contributed by atoms with Crippen molar-refractivity contribution >= 4 is 11.8 Å². The number of allylic oxidation sites excluding steroid dienone is 1. The van der Waals surface area contributed by atoms with Crippen LogP contribution in [0.25, 0.3) is 0 Å². The number of thioether (sulfide) groups is 1. The smallest absolute Gasteiger partial charge is 0.0172 e. The highest BCUT2D eigenvalue weighted by Gasteiger charge is 2.13. The fraction of sp³-hybridized carbons (Fsp3) is 0.800. The van der Waals surface area contributed by atoms with Crippen LogP contribution in [0.2, 0.25) is 0 Å². The summed E-state index contributed by atoms with van der Waals surface area (Å²) >= 11 is 2.12. The number of nitrogens with one attached hydrogen (secondary N) is 1. The third-order valence-corrected chi connectivity index (χ3v) is 3.56. The molecular formula is C10H19NS. The second-order valence-corrected chi connectivity index (χ2v) is 4.68. The minimum absolute atomic E-state index is 0.897. The van der Waals surface area contributed by atoms with E-state index in [-0.39, 0.29) is 0 Å². The summed E-state index contributed by atoms with van der Waals surface area (Å²) in [5.41, 5.74) is 0. The number of hydrogen-bond donors (Lipinski definition) is 1. The van der Waals surface area contributed by atoms with Gasteiger partial charge in [0.1, 0.15) is 0 Å². The minimum atomic E-state index is 0.897. The summed E-state index contributed by atoms with van der Waals surface area (Å²) in [6.45, 7) is 6.07. The first-order valence-corrected chi connectivity index (χ1v) is 5.91. The highest BCUT2D eigenvalue weighted by atomic mass is 32.2. The summed E-state index contributed by atoms with van der Waals surface area (Å²) < 4.78 is 0. The van der Waals surface area contributed by atoms with E-state index in [9.17, 15) is 0 Å². The first kappa shape index (κ1) is 10.1. The lowest BCUT2D eigenvalue weighted by molar-refractivity contribution is 0.625. The molecule has 1 aliphatic rings. The van der Waals surface area contributed by atoms with Crippen LogP contribution in [0.3, 0.4) is 0 Å². The van der Waals surface area contributed by atoms with Crippen LogP contribution in [0.15, 0.2) is 12.7 Å². The SMILES string of the molecule is C=CCCCNCC1CCCS1. The van der Waals surface area contributed by atoms with Gasteiger partial charge in [-0.05, 0) is 38.0 Å². The molecule has 0 aromatic rings. The van der Waals surface area contributed by atoms with Gasteiger partial charge in [-0.15, -0.1) is 6.58 Å². The van der Waals surface area contributed by atoms with Crippen LogP contribution >= 0.6 is 11.8 Å². The lowest BCUT2D eigenvalue weighted by Crippen LogP contribution is -2.23. The highest BCUT2D eigenvalue weighted by Crippen LogP contribution is 2.25. The molecule has 0 aromatic heterocycles. The van der Waals surface area contributed by atoms with Gasteiger partial charge in [0.2, 0.25) is 0 Å². The Balaban J connectivity index is 1.84. The van der Waals surface area contributed by atoms with Gasteiger partial charge in [0, 0.05) is 11.8 Å². The Labute approximate surface area is 80.0 Å². The Kier molecular flexibility index (Phi) is 5.53. The Morgan fingerprint density at radius 2 is 2.50 bits per heavy atom. The zero-order chi connectivity index (χ0) is 8.65. The molecule has 0 aromatic carbocycles. The summed E-state index contributed by atoms with van der Waals surface area (Å²) in [7, 11) is 0. The molecule has 1 N–H and O–H groups in total. The monoisotopic (exact) mass is 185 g/mol. The lowest BCUT2D eigenvalue weighted by Gasteiger charge is -2.08. The fourth-order valence-electron chi connectivity index (χ4n) is 1.44. The van der Waals surface area contributed by atoms with Gasteiger partial charge in [-0.25, -0.2) is 0 Å². The Morgan fingerprint density at radius 3 is 3.17 bits per heavy atom. The van der Waals surface area contributed by atoms with Crippen LogP contribution in [0, 0.1) is 0 Å². The first-order chi connectivity index (χ1) is 5.93. The van der Waals surface area contributed by atoms with Crippen LogP contribution < -0.4 is 5.32 Å². The maximum absolute atomic E-state index is 3.70. The van der Waals surface area contributed by atoms with Crippen molar-refractivity contribution in [1.82, 2.24) is 5.32 Å². The van der Waals surface area contributed by atoms with Crippen molar-refractivity contribution in [2.75, 3.05) is 18.8 Å². The Morgan fingerprint density at radius 1 is 1.58 bits per heavy atom. The standard InChI is InChI=1S/C10H19NS/c1-2-3-4-7-11-9-10-6-5-8-12-10/h2,10-11H,1,3-9H2. The molecule has 1 nitrogen and oxygen atoms in total. The summed E-state index contributed by atoms with van der Waals surface area (Å²) in [5, 5.41) is 4.39. The third kappa shape index (κ3) is 4.17. The van der Waals surface area contributed by atoms with E-state index in [4.69, 9.17) is 0 Å². The van der Waals surface area contributed by atoms with Gasteiger partial charge in [0.05, 0.1) is 0 Å². The van der Waals surface area contributed by atoms with Gasteiger partial charge < -0.3 is 5.32 Å². The van der Waals surface area contributed by atoms with E-state index >= 15 is 0 Å². The van der Waals surface area contributed by atoms with Crippen molar-refractivity contribution in [1.29, 1.82) is 0 Å². The number of hydrogen-bond acceptors (Lipinski definition) is 2. The second-order valence-electron chi connectivity index (χ2n) is 3.27. The van der Waals surface area contributed by atoms with Crippen LogP contribution in [-0.2, 0) is 0 Å². The molecule has 1 unspecified atom stereocenters. The average molecular weight is 185 g/mol. The van der Waals surface area contributed by atoms with Crippen molar-refractivity contribution in [2.24, 2.45) is 0 Å². The predicted octanol–water partition coefficient (Wildman–Crippen LogP) is 2.44. The molecule has 12 heavy (non-hydrogen) atoms. The molecule has 1 aliphatic heterocycles. The van der Waals surface area contributed by atoms with E-state index in [1.54, 1.807) is 0 Å². The summed E-state index contributed by atoms with van der Waals surface area (Å²) in [5.74, 6) is 1.37. The molecule has 0 saturated carbocycles. The van der Waals surface area contributed by atoms with Crippen LogP contribution in [-0.4, -0.2) is 24.1 Å². The third-order valence-electron chi connectivity index (χ3n) is 2.16. The van der Waals surface area contributed by atoms with E-state index in [0.717, 1.165) is 18.2 Å². The average Bonchev–Trinajstić information content (AvgIpc) is 2.57. The van der Waals surface area contributed by atoms with Gasteiger partial charge in [-0.2, -0.15) is 11.8 Å². The molecule has 0 bridgehead atoms. The van der Waals surface area contributed by atoms with Crippen molar-refractivity contribution < 1.29 is 0 Å². The second kappa shape index (κ2) is 6.55. The van der Waals surface area contributed by atoms with E-state index in [1.807, 2.05) is 6.08 Å². The molecule has 1 rings (SSSR count). The highest BCUT2D eigenvalue weighted by molar-refractivity contribution is 8.00. The van der Waals surface area contributed by atoms with Crippen molar-refractivity contribution in [2.45, 2.75) is 30.9 Å². The zero-order valence-electron chi connectivity index (χ0n) is 7.72. The topological polar surface area (TPSA) is 12.0 Å². The summed E-state index contributed by atoms with van der Waals surface area (Å²) in [6.07, 6.45) is 7.21. The molecule has 0 aliphatic carbocycles. The maximum atomic E-state index is 3.70. The van der Waals surface area contributed by atoms with E-state index in [0.29, 0.717) is 0 Å². The van der Waals surface area contributed by atoms with Crippen molar-refractivity contribution in [3.8, 4) is 0 Å². The number of unbranched alkanes of at least 4 members (excludes halogenated alkanes) is 1. The molecule has 0 spiro atoms. The normalized spacial score (nSPS) is 22.8. The molecule has 2 heteroatoms. The van der Waals surface area contributed by atoms with E-state index < -0.39 is 0 Å². The van der Waals surface area contributed by atoms with Crippen LogP contribution in [0.1, 0.15) is 25.7 Å². The predicted molar refractivity (Wildman–Crippen MR) is 57.8 cm³/mol. The van der Waals surface area contributed by atoms with E-state index in [1.165, 1.54) is 31.6 Å². The largest absolute Gasteiger partial charge is 0.316 e. The molecule has 1 atom stereocenters.